The first kappa shape index (κ1) is 40.8. The van der Waals surface area contributed by atoms with Crippen molar-refractivity contribution in [2.75, 3.05) is 9.71 Å². The quantitative estimate of drug-likeness (QED) is 0.165. The predicted molar refractivity (Wildman–Crippen MR) is 286 cm³/mol. The summed E-state index contributed by atoms with van der Waals surface area (Å²) in [7, 11) is 0. The molecule has 2 aliphatic heterocycles. The summed E-state index contributed by atoms with van der Waals surface area (Å²) >= 11 is 0. The maximum Gasteiger partial charge on any atom is 0.376 e. The number of rotatable bonds is 3. The molecule has 5 heterocycles. The third-order valence-electron chi connectivity index (χ3n) is 14.7. The van der Waals surface area contributed by atoms with E-state index in [2.05, 4.69) is 224 Å². The average Bonchev–Trinajstić information content (AvgIpc) is 4.01. The second kappa shape index (κ2) is 14.1. The molecular formula is C62H53BN2O3. The van der Waals surface area contributed by atoms with Gasteiger partial charge in [-0.2, -0.15) is 0 Å². The van der Waals surface area contributed by atoms with Crippen LogP contribution in [0.25, 0.3) is 77.1 Å². The summed E-state index contributed by atoms with van der Waals surface area (Å²) in [5.74, 6) is 0. The fraction of sp³-hybridized carbons (Fsp3) is 0.194. The smallest absolute Gasteiger partial charge is 0.376 e. The number of anilines is 5. The molecule has 13 rings (SSSR count). The van der Waals surface area contributed by atoms with Crippen LogP contribution in [-0.2, 0) is 16.2 Å². The van der Waals surface area contributed by atoms with Gasteiger partial charge < -0.3 is 23.0 Å². The minimum Gasteiger partial charge on any atom is -0.466 e. The van der Waals surface area contributed by atoms with E-state index in [0.717, 1.165) is 117 Å². The highest BCUT2D eigenvalue weighted by Crippen LogP contribution is 2.55. The monoisotopic (exact) mass is 884 g/mol. The summed E-state index contributed by atoms with van der Waals surface area (Å²) in [6.07, 6.45) is 0. The highest BCUT2D eigenvalue weighted by atomic mass is 16.3. The van der Waals surface area contributed by atoms with Crippen molar-refractivity contribution in [3.63, 3.8) is 0 Å². The predicted octanol–water partition coefficient (Wildman–Crippen LogP) is 16.5. The highest BCUT2D eigenvalue weighted by Gasteiger charge is 2.50. The van der Waals surface area contributed by atoms with Gasteiger partial charge in [0.15, 0.2) is 0 Å². The van der Waals surface area contributed by atoms with Gasteiger partial charge in [0.05, 0.1) is 11.4 Å². The fourth-order valence-electron chi connectivity index (χ4n) is 11.1. The minimum atomic E-state index is -0.391. The van der Waals surface area contributed by atoms with E-state index in [9.17, 15) is 0 Å². The molecule has 0 amide bonds. The SMILES string of the molecule is CC(C)(C)c1ccc(N2B3c4oc5ccc(C(C)(C)C)cc5c4N(c4ccc(C(C)(C)C)cc4-c4ccccc4)c4cc5c(oc6ccccc65)c(c43)-c3cc4c(cc32)oc2ccccc24)cc1. The molecular weight excluding hydrogens is 832 g/mol. The first-order chi connectivity index (χ1) is 32.6. The van der Waals surface area contributed by atoms with Gasteiger partial charge in [0, 0.05) is 66.8 Å². The third-order valence-corrected chi connectivity index (χ3v) is 14.7. The van der Waals surface area contributed by atoms with Gasteiger partial charge in [-0.3, -0.25) is 0 Å². The minimum absolute atomic E-state index is 0.0214. The zero-order chi connectivity index (χ0) is 46.6. The average molecular weight is 885 g/mol. The summed E-state index contributed by atoms with van der Waals surface area (Å²) in [6, 6.07) is 57.9. The van der Waals surface area contributed by atoms with Gasteiger partial charge in [0.1, 0.15) is 33.6 Å². The van der Waals surface area contributed by atoms with E-state index in [1.54, 1.807) is 0 Å². The van der Waals surface area contributed by atoms with Crippen LogP contribution in [0.1, 0.15) is 79.0 Å². The molecule has 0 unspecified atom stereocenters. The fourth-order valence-corrected chi connectivity index (χ4v) is 11.1. The molecule has 0 fully saturated rings. The number of hydrogen-bond acceptors (Lipinski definition) is 5. The number of hydrogen-bond donors (Lipinski definition) is 0. The molecule has 5 nitrogen and oxygen atoms in total. The zero-order valence-electron chi connectivity index (χ0n) is 40.2. The number of fused-ring (bicyclic) bond motifs is 13. The van der Waals surface area contributed by atoms with Crippen molar-refractivity contribution >= 4 is 101 Å². The molecule has 3 aromatic heterocycles. The van der Waals surface area contributed by atoms with E-state index in [1.807, 2.05) is 6.07 Å². The lowest BCUT2D eigenvalue weighted by molar-refractivity contribution is 0.590. The van der Waals surface area contributed by atoms with Gasteiger partial charge in [-0.1, -0.05) is 153 Å². The molecule has 0 radical (unpaired) electrons. The molecule has 68 heavy (non-hydrogen) atoms. The van der Waals surface area contributed by atoms with Gasteiger partial charge in [0.2, 0.25) is 0 Å². The Morgan fingerprint density at radius 3 is 1.72 bits per heavy atom. The van der Waals surface area contributed by atoms with Gasteiger partial charge >= 0.3 is 6.85 Å². The summed E-state index contributed by atoms with van der Waals surface area (Å²) in [5.41, 5.74) is 19.7. The summed E-state index contributed by atoms with van der Waals surface area (Å²) in [5, 5.41) is 5.39. The largest absolute Gasteiger partial charge is 0.466 e. The maximum atomic E-state index is 7.50. The van der Waals surface area contributed by atoms with Crippen molar-refractivity contribution in [3.8, 4) is 22.3 Å². The van der Waals surface area contributed by atoms with Crippen LogP contribution in [0.5, 0.6) is 0 Å². The summed E-state index contributed by atoms with van der Waals surface area (Å²) < 4.78 is 21.4. The molecule has 0 saturated heterocycles. The van der Waals surface area contributed by atoms with E-state index in [-0.39, 0.29) is 16.2 Å². The molecule has 0 spiro atoms. The van der Waals surface area contributed by atoms with Crippen molar-refractivity contribution in [1.29, 1.82) is 0 Å². The molecule has 11 aromatic rings. The Bertz CT molecular complexity index is 3870. The zero-order valence-corrected chi connectivity index (χ0v) is 40.2. The normalized spacial score (nSPS) is 13.9. The van der Waals surface area contributed by atoms with E-state index >= 15 is 0 Å². The molecule has 332 valence electrons. The molecule has 6 heteroatoms. The standard InChI is InChI=1S/C62H53BN2O3/c1-60(2,3)37-23-27-40(28-24-37)65-49-35-54-44(41-19-13-15-21-51(41)66-54)33-46(49)55-56-50(34-45-42-20-14-16-22-52(42)67-58(45)55)64(48-29-25-38(61(4,5)6)31-43(48)36-17-11-10-12-18-36)57-47-32-39(62(7,8)9)26-30-53(47)68-59(57)63(56)65/h10-35H,1-9H3. The van der Waals surface area contributed by atoms with Crippen molar-refractivity contribution < 1.29 is 13.3 Å². The topological polar surface area (TPSA) is 45.9 Å². The van der Waals surface area contributed by atoms with Crippen LogP contribution in [0.2, 0.25) is 0 Å². The lowest BCUT2D eigenvalue weighted by Gasteiger charge is -2.44. The Labute approximate surface area is 397 Å². The molecule has 0 saturated carbocycles. The molecule has 2 aliphatic rings. The Balaban J connectivity index is 1.23. The van der Waals surface area contributed by atoms with Crippen LogP contribution in [0.15, 0.2) is 171 Å². The lowest BCUT2D eigenvalue weighted by Crippen LogP contribution is -2.61. The molecule has 0 bridgehead atoms. The first-order valence-electron chi connectivity index (χ1n) is 24.0. The Kier molecular flexibility index (Phi) is 8.43. The van der Waals surface area contributed by atoms with Gasteiger partial charge in [-0.25, -0.2) is 0 Å². The summed E-state index contributed by atoms with van der Waals surface area (Å²) in [6.45, 7) is 20.2. The second-order valence-corrected chi connectivity index (χ2v) is 22.2. The van der Waals surface area contributed by atoms with Crippen LogP contribution >= 0.6 is 0 Å². The van der Waals surface area contributed by atoms with Gasteiger partial charge in [0.25, 0.3) is 0 Å². The first-order valence-corrected chi connectivity index (χ1v) is 24.0. The van der Waals surface area contributed by atoms with Crippen molar-refractivity contribution in [2.24, 2.45) is 0 Å². The maximum absolute atomic E-state index is 7.50. The van der Waals surface area contributed by atoms with Crippen molar-refractivity contribution in [3.05, 3.63) is 174 Å². The Hall–Kier alpha value is -7.44. The van der Waals surface area contributed by atoms with Crippen LogP contribution in [0, 0.1) is 0 Å². The highest BCUT2D eigenvalue weighted by molar-refractivity contribution is 6.93. The number of benzene rings is 8. The van der Waals surface area contributed by atoms with Crippen LogP contribution in [-0.4, -0.2) is 6.85 Å². The third kappa shape index (κ3) is 5.95. The lowest BCUT2D eigenvalue weighted by atomic mass is 9.45. The number of para-hydroxylation sites is 2. The number of furan rings is 3. The molecule has 8 aromatic carbocycles. The Morgan fingerprint density at radius 2 is 1.01 bits per heavy atom. The van der Waals surface area contributed by atoms with Crippen molar-refractivity contribution in [1.82, 2.24) is 0 Å². The van der Waals surface area contributed by atoms with Crippen molar-refractivity contribution in [2.45, 2.75) is 78.6 Å². The number of nitrogens with zero attached hydrogens (tertiary/aromatic N) is 2. The molecule has 0 N–H and O–H groups in total. The summed E-state index contributed by atoms with van der Waals surface area (Å²) in [4.78, 5) is 5.05. The molecule has 0 atom stereocenters. The van der Waals surface area contributed by atoms with Gasteiger partial charge in [-0.15, -0.1) is 0 Å². The van der Waals surface area contributed by atoms with Crippen LogP contribution in [0.4, 0.5) is 28.4 Å². The van der Waals surface area contributed by atoms with Gasteiger partial charge in [-0.05, 0) is 105 Å². The molecule has 0 aliphatic carbocycles. The van der Waals surface area contributed by atoms with E-state index in [1.165, 1.54) is 16.7 Å². The van der Waals surface area contributed by atoms with E-state index in [0.29, 0.717) is 0 Å². The second-order valence-electron chi connectivity index (χ2n) is 22.2. The van der Waals surface area contributed by atoms with E-state index in [4.69, 9.17) is 13.3 Å². The van der Waals surface area contributed by atoms with E-state index < -0.39 is 6.85 Å². The Morgan fingerprint density at radius 1 is 0.412 bits per heavy atom. The van der Waals surface area contributed by atoms with Crippen LogP contribution < -0.4 is 20.8 Å². The van der Waals surface area contributed by atoms with Crippen LogP contribution in [0.3, 0.4) is 0 Å².